The molecule has 3 nitrogen and oxygen atoms in total. The Morgan fingerprint density at radius 2 is 1.84 bits per heavy atom. The van der Waals surface area contributed by atoms with Crippen molar-refractivity contribution in [3.63, 3.8) is 0 Å². The van der Waals surface area contributed by atoms with Crippen molar-refractivity contribution in [2.24, 2.45) is 5.92 Å². The van der Waals surface area contributed by atoms with Gasteiger partial charge in [-0.2, -0.15) is 0 Å². The highest BCUT2D eigenvalue weighted by Gasteiger charge is 2.36. The van der Waals surface area contributed by atoms with Gasteiger partial charge in [0.2, 0.25) is 5.91 Å². The number of carbonyl (C=O) groups is 2. The largest absolute Gasteiger partial charge is 0.335 e. The highest BCUT2D eigenvalue weighted by atomic mass is 16.2. The van der Waals surface area contributed by atoms with Crippen LogP contribution in [0.2, 0.25) is 0 Å². The zero-order chi connectivity index (χ0) is 18.2. The van der Waals surface area contributed by atoms with Gasteiger partial charge in [0, 0.05) is 13.1 Å². The SMILES string of the molecule is C=CCN(CC=C)C(=O)C1CC/C(=C\C(C)=C\c2ccccc2)C1=O. The Balaban J connectivity index is 2.12. The van der Waals surface area contributed by atoms with Gasteiger partial charge in [-0.3, -0.25) is 9.59 Å². The van der Waals surface area contributed by atoms with E-state index >= 15 is 0 Å². The second-order valence-electron chi connectivity index (χ2n) is 6.24. The van der Waals surface area contributed by atoms with Crippen molar-refractivity contribution in [3.05, 3.63) is 78.4 Å². The molecule has 0 bridgehead atoms. The van der Waals surface area contributed by atoms with Crippen molar-refractivity contribution in [1.82, 2.24) is 4.90 Å². The van der Waals surface area contributed by atoms with Crippen LogP contribution in [0.5, 0.6) is 0 Å². The lowest BCUT2D eigenvalue weighted by Gasteiger charge is -2.22. The van der Waals surface area contributed by atoms with Crippen molar-refractivity contribution in [2.75, 3.05) is 13.1 Å². The second kappa shape index (κ2) is 8.97. The highest BCUT2D eigenvalue weighted by Crippen LogP contribution is 2.29. The third kappa shape index (κ3) is 4.90. The summed E-state index contributed by atoms with van der Waals surface area (Å²) in [7, 11) is 0. The number of nitrogens with zero attached hydrogens (tertiary/aromatic N) is 1. The van der Waals surface area contributed by atoms with Crippen LogP contribution in [0.4, 0.5) is 0 Å². The van der Waals surface area contributed by atoms with Gasteiger partial charge >= 0.3 is 0 Å². The first-order valence-electron chi connectivity index (χ1n) is 8.55. The number of carbonyl (C=O) groups excluding carboxylic acids is 2. The molecule has 3 heteroatoms. The monoisotopic (exact) mass is 335 g/mol. The number of amides is 1. The molecule has 2 rings (SSSR count). The average Bonchev–Trinajstić information content (AvgIpc) is 2.95. The molecule has 0 aromatic heterocycles. The molecule has 0 aliphatic heterocycles. The number of ketones is 1. The number of hydrogen-bond donors (Lipinski definition) is 0. The van der Waals surface area contributed by atoms with Crippen molar-refractivity contribution in [2.45, 2.75) is 19.8 Å². The lowest BCUT2D eigenvalue weighted by molar-refractivity contribution is -0.138. The summed E-state index contributed by atoms with van der Waals surface area (Å²) >= 11 is 0. The lowest BCUT2D eigenvalue weighted by Crippen LogP contribution is -2.38. The third-order valence-corrected chi connectivity index (χ3v) is 4.24. The number of benzene rings is 1. The minimum atomic E-state index is -0.573. The van der Waals surface area contributed by atoms with Crippen molar-refractivity contribution >= 4 is 17.8 Å². The van der Waals surface area contributed by atoms with E-state index in [1.165, 1.54) is 0 Å². The van der Waals surface area contributed by atoms with Crippen LogP contribution < -0.4 is 0 Å². The fraction of sp³-hybridized carbons (Fsp3) is 0.273. The minimum absolute atomic E-state index is 0.0519. The Morgan fingerprint density at radius 3 is 2.44 bits per heavy atom. The topological polar surface area (TPSA) is 37.4 Å². The molecule has 0 saturated heterocycles. The molecule has 1 aromatic rings. The Morgan fingerprint density at radius 1 is 1.20 bits per heavy atom. The molecule has 130 valence electrons. The second-order valence-corrected chi connectivity index (χ2v) is 6.24. The molecule has 0 N–H and O–H groups in total. The summed E-state index contributed by atoms with van der Waals surface area (Å²) < 4.78 is 0. The summed E-state index contributed by atoms with van der Waals surface area (Å²) in [6.07, 6.45) is 8.51. The maximum Gasteiger partial charge on any atom is 0.234 e. The molecule has 25 heavy (non-hydrogen) atoms. The Hall–Kier alpha value is -2.68. The van der Waals surface area contributed by atoms with Crippen molar-refractivity contribution in [1.29, 1.82) is 0 Å². The van der Waals surface area contributed by atoms with E-state index in [0.29, 0.717) is 25.9 Å². The molecular formula is C22H25NO2. The first-order chi connectivity index (χ1) is 12.1. The number of hydrogen-bond acceptors (Lipinski definition) is 2. The van der Waals surface area contributed by atoms with Gasteiger partial charge in [0.1, 0.15) is 5.92 Å². The zero-order valence-corrected chi connectivity index (χ0v) is 14.8. The standard InChI is InChI=1S/C22H25NO2/c1-4-13-23(14-5-2)22(25)20-12-11-19(21(20)24)16-17(3)15-18-9-7-6-8-10-18/h4-10,15-16,20H,1-2,11-14H2,3H3/b17-15+,19-16+. The van der Waals surface area contributed by atoms with Crippen LogP contribution in [0.25, 0.3) is 6.08 Å². The maximum atomic E-state index is 12.7. The first-order valence-corrected chi connectivity index (χ1v) is 8.55. The molecule has 1 atom stereocenters. The van der Waals surface area contributed by atoms with E-state index in [1.54, 1.807) is 17.1 Å². The van der Waals surface area contributed by atoms with Crippen LogP contribution in [0, 0.1) is 5.92 Å². The van der Waals surface area contributed by atoms with E-state index in [2.05, 4.69) is 13.2 Å². The predicted octanol–water partition coefficient (Wildman–Crippen LogP) is 4.20. The first kappa shape index (κ1) is 18.7. The molecule has 1 saturated carbocycles. The van der Waals surface area contributed by atoms with Crippen LogP contribution >= 0.6 is 0 Å². The average molecular weight is 335 g/mol. The van der Waals surface area contributed by atoms with Crippen molar-refractivity contribution < 1.29 is 9.59 Å². The summed E-state index contributed by atoms with van der Waals surface area (Å²) in [5, 5.41) is 0. The summed E-state index contributed by atoms with van der Waals surface area (Å²) in [6, 6.07) is 9.98. The van der Waals surface area contributed by atoms with Gasteiger partial charge in [0.15, 0.2) is 5.78 Å². The van der Waals surface area contributed by atoms with Gasteiger partial charge < -0.3 is 4.90 Å². The van der Waals surface area contributed by atoms with E-state index in [0.717, 1.165) is 16.7 Å². The van der Waals surface area contributed by atoms with Crippen LogP contribution in [0.15, 0.2) is 72.9 Å². The fourth-order valence-corrected chi connectivity index (χ4v) is 3.07. The number of Topliss-reactive ketones (excluding diaryl/α,β-unsaturated/α-hetero) is 1. The predicted molar refractivity (Wildman–Crippen MR) is 103 cm³/mol. The van der Waals surface area contributed by atoms with E-state index in [4.69, 9.17) is 0 Å². The Labute approximate surface area is 150 Å². The Kier molecular flexibility index (Phi) is 6.70. The molecule has 0 heterocycles. The molecule has 1 aromatic carbocycles. The van der Waals surface area contributed by atoms with Crippen molar-refractivity contribution in [3.8, 4) is 0 Å². The Bertz CT molecular complexity index is 703. The molecular weight excluding hydrogens is 310 g/mol. The van der Waals surface area contributed by atoms with E-state index in [-0.39, 0.29) is 11.7 Å². The number of allylic oxidation sites excluding steroid dienone is 3. The van der Waals surface area contributed by atoms with Gasteiger partial charge in [-0.1, -0.05) is 60.2 Å². The number of rotatable bonds is 7. The molecule has 0 spiro atoms. The molecule has 1 amide bonds. The van der Waals surface area contributed by atoms with Gasteiger partial charge in [-0.25, -0.2) is 0 Å². The summed E-state index contributed by atoms with van der Waals surface area (Å²) in [5.74, 6) is -0.752. The lowest BCUT2D eigenvalue weighted by atomic mass is 10.0. The van der Waals surface area contributed by atoms with Gasteiger partial charge in [0.25, 0.3) is 0 Å². The van der Waals surface area contributed by atoms with Crippen LogP contribution in [-0.4, -0.2) is 29.7 Å². The smallest absolute Gasteiger partial charge is 0.234 e. The summed E-state index contributed by atoms with van der Waals surface area (Å²) in [6.45, 7) is 10.2. The summed E-state index contributed by atoms with van der Waals surface area (Å²) in [4.78, 5) is 26.9. The van der Waals surface area contributed by atoms with Crippen LogP contribution in [0.1, 0.15) is 25.3 Å². The zero-order valence-electron chi connectivity index (χ0n) is 14.8. The highest BCUT2D eigenvalue weighted by molar-refractivity contribution is 6.11. The summed E-state index contributed by atoms with van der Waals surface area (Å²) in [5.41, 5.74) is 2.84. The van der Waals surface area contributed by atoms with Crippen LogP contribution in [0.3, 0.4) is 0 Å². The molecule has 0 radical (unpaired) electrons. The minimum Gasteiger partial charge on any atom is -0.335 e. The van der Waals surface area contributed by atoms with Gasteiger partial charge in [-0.05, 0) is 30.9 Å². The van der Waals surface area contributed by atoms with Crippen LogP contribution in [-0.2, 0) is 9.59 Å². The normalized spacial score (nSPS) is 19.1. The molecule has 1 aliphatic rings. The van der Waals surface area contributed by atoms with Gasteiger partial charge in [0.05, 0.1) is 0 Å². The fourth-order valence-electron chi connectivity index (χ4n) is 3.07. The van der Waals surface area contributed by atoms with E-state index in [9.17, 15) is 9.59 Å². The quantitative estimate of drug-likeness (QED) is 0.425. The van der Waals surface area contributed by atoms with Gasteiger partial charge in [-0.15, -0.1) is 13.2 Å². The molecule has 1 fully saturated rings. The molecule has 1 unspecified atom stereocenters. The maximum absolute atomic E-state index is 12.7. The van der Waals surface area contributed by atoms with E-state index in [1.807, 2.05) is 49.4 Å². The third-order valence-electron chi connectivity index (χ3n) is 4.24. The molecule has 1 aliphatic carbocycles. The van der Waals surface area contributed by atoms with E-state index < -0.39 is 5.92 Å².